The van der Waals surface area contributed by atoms with Gasteiger partial charge in [-0.2, -0.15) is 0 Å². The van der Waals surface area contributed by atoms with E-state index in [9.17, 15) is 4.79 Å². The SMILES string of the molecule is CN=C(NCc1cccc(Cn2ccnc2C)c1)NC1CN(C(=O)OC(C)(C)C)C1.I. The van der Waals surface area contributed by atoms with Crippen molar-refractivity contribution in [2.24, 2.45) is 4.99 Å². The second kappa shape index (κ2) is 10.8. The van der Waals surface area contributed by atoms with E-state index in [1.54, 1.807) is 11.9 Å². The van der Waals surface area contributed by atoms with E-state index in [4.69, 9.17) is 4.74 Å². The molecule has 1 aromatic carbocycles. The summed E-state index contributed by atoms with van der Waals surface area (Å²) >= 11 is 0. The first kappa shape index (κ1) is 25.0. The lowest BCUT2D eigenvalue weighted by Crippen LogP contribution is -2.63. The zero-order chi connectivity index (χ0) is 21.7. The minimum atomic E-state index is -0.474. The predicted molar refractivity (Wildman–Crippen MR) is 133 cm³/mol. The molecular weight excluding hydrogens is 507 g/mol. The topological polar surface area (TPSA) is 83.8 Å². The van der Waals surface area contributed by atoms with Crippen LogP contribution in [-0.4, -0.2) is 58.3 Å². The van der Waals surface area contributed by atoms with E-state index in [0.717, 1.165) is 18.3 Å². The van der Waals surface area contributed by atoms with E-state index in [0.29, 0.717) is 19.6 Å². The Morgan fingerprint density at radius 1 is 1.29 bits per heavy atom. The normalized spacial score (nSPS) is 14.5. The highest BCUT2D eigenvalue weighted by Gasteiger charge is 2.34. The molecular formula is C22H33IN6O2. The lowest BCUT2D eigenvalue weighted by Gasteiger charge is -2.40. The molecule has 2 N–H and O–H groups in total. The van der Waals surface area contributed by atoms with Crippen molar-refractivity contribution < 1.29 is 9.53 Å². The molecule has 1 aliphatic heterocycles. The maximum absolute atomic E-state index is 12.0. The molecule has 1 aliphatic rings. The van der Waals surface area contributed by atoms with Crippen LogP contribution in [0.5, 0.6) is 0 Å². The molecule has 2 aromatic rings. The summed E-state index contributed by atoms with van der Waals surface area (Å²) in [5.74, 6) is 1.73. The largest absolute Gasteiger partial charge is 0.444 e. The van der Waals surface area contributed by atoms with Gasteiger partial charge >= 0.3 is 6.09 Å². The maximum Gasteiger partial charge on any atom is 0.410 e. The molecule has 2 heterocycles. The fourth-order valence-corrected chi connectivity index (χ4v) is 3.22. The average molecular weight is 540 g/mol. The van der Waals surface area contributed by atoms with E-state index in [1.807, 2.05) is 40.1 Å². The predicted octanol–water partition coefficient (Wildman–Crippen LogP) is 3.14. The van der Waals surface area contributed by atoms with Gasteiger partial charge in [0.2, 0.25) is 0 Å². The van der Waals surface area contributed by atoms with Gasteiger partial charge in [0.05, 0.1) is 6.04 Å². The van der Waals surface area contributed by atoms with Crippen LogP contribution in [0.25, 0.3) is 0 Å². The summed E-state index contributed by atoms with van der Waals surface area (Å²) in [6.45, 7) is 10.3. The number of aliphatic imine (C=N–C) groups is 1. The molecule has 3 rings (SSSR count). The van der Waals surface area contributed by atoms with Gasteiger partial charge < -0.3 is 24.8 Å². The second-order valence-electron chi connectivity index (χ2n) is 8.57. The summed E-state index contributed by atoms with van der Waals surface area (Å²) in [4.78, 5) is 22.3. The van der Waals surface area contributed by atoms with Crippen LogP contribution in [0.3, 0.4) is 0 Å². The van der Waals surface area contributed by atoms with Gasteiger partial charge in [-0.15, -0.1) is 24.0 Å². The maximum atomic E-state index is 12.0. The van der Waals surface area contributed by atoms with Gasteiger partial charge in [0.1, 0.15) is 11.4 Å². The Morgan fingerprint density at radius 2 is 2.00 bits per heavy atom. The van der Waals surface area contributed by atoms with Crippen molar-refractivity contribution in [3.05, 3.63) is 53.6 Å². The van der Waals surface area contributed by atoms with E-state index < -0.39 is 5.60 Å². The van der Waals surface area contributed by atoms with E-state index in [1.165, 1.54) is 11.1 Å². The Morgan fingerprint density at radius 3 is 2.61 bits per heavy atom. The molecule has 0 radical (unpaired) electrons. The molecule has 0 atom stereocenters. The molecule has 1 fully saturated rings. The van der Waals surface area contributed by atoms with Crippen molar-refractivity contribution in [1.29, 1.82) is 0 Å². The molecule has 0 bridgehead atoms. The lowest BCUT2D eigenvalue weighted by molar-refractivity contribution is 0.00701. The Balaban J connectivity index is 0.00000341. The minimum Gasteiger partial charge on any atom is -0.444 e. The minimum absolute atomic E-state index is 0. The van der Waals surface area contributed by atoms with Gasteiger partial charge in [0.25, 0.3) is 0 Å². The first-order valence-corrected chi connectivity index (χ1v) is 10.2. The number of rotatable bonds is 5. The fourth-order valence-electron chi connectivity index (χ4n) is 3.22. The number of aromatic nitrogens is 2. The Kier molecular flexibility index (Phi) is 8.72. The summed E-state index contributed by atoms with van der Waals surface area (Å²) in [6, 6.07) is 8.64. The molecule has 0 aliphatic carbocycles. The number of likely N-dealkylation sites (tertiary alicyclic amines) is 1. The third-order valence-corrected chi connectivity index (χ3v) is 4.83. The van der Waals surface area contributed by atoms with Crippen molar-refractivity contribution in [1.82, 2.24) is 25.1 Å². The summed E-state index contributed by atoms with van der Waals surface area (Å²) in [7, 11) is 1.75. The third-order valence-electron chi connectivity index (χ3n) is 4.83. The van der Waals surface area contributed by atoms with Crippen LogP contribution in [0, 0.1) is 6.92 Å². The van der Waals surface area contributed by atoms with Crippen LogP contribution in [0.1, 0.15) is 37.7 Å². The van der Waals surface area contributed by atoms with E-state index in [2.05, 4.69) is 49.4 Å². The number of halogens is 1. The van der Waals surface area contributed by atoms with Gasteiger partial charge in [0.15, 0.2) is 5.96 Å². The monoisotopic (exact) mass is 540 g/mol. The number of ether oxygens (including phenoxy) is 1. The molecule has 31 heavy (non-hydrogen) atoms. The summed E-state index contributed by atoms with van der Waals surface area (Å²) in [5.41, 5.74) is 1.93. The number of nitrogens with one attached hydrogen (secondary N) is 2. The number of carbonyl (C=O) groups excluding carboxylic acids is 1. The zero-order valence-electron chi connectivity index (χ0n) is 18.9. The number of hydrogen-bond donors (Lipinski definition) is 2. The van der Waals surface area contributed by atoms with Gasteiger partial charge in [-0.3, -0.25) is 4.99 Å². The molecule has 1 saturated heterocycles. The van der Waals surface area contributed by atoms with Crippen LogP contribution >= 0.6 is 24.0 Å². The number of nitrogens with zero attached hydrogens (tertiary/aromatic N) is 4. The van der Waals surface area contributed by atoms with Crippen molar-refractivity contribution in [3.63, 3.8) is 0 Å². The highest BCUT2D eigenvalue weighted by atomic mass is 127. The fraction of sp³-hybridized carbons (Fsp3) is 0.500. The van der Waals surface area contributed by atoms with Crippen LogP contribution in [-0.2, 0) is 17.8 Å². The Bertz CT molecular complexity index is 899. The number of imidazole rings is 1. The van der Waals surface area contributed by atoms with Crippen LogP contribution in [0.15, 0.2) is 41.7 Å². The molecule has 1 aromatic heterocycles. The first-order valence-electron chi connectivity index (χ1n) is 10.2. The van der Waals surface area contributed by atoms with Crippen molar-refractivity contribution in [2.45, 2.75) is 52.4 Å². The molecule has 9 heteroatoms. The average Bonchev–Trinajstić information content (AvgIpc) is 3.03. The van der Waals surface area contributed by atoms with E-state index >= 15 is 0 Å². The molecule has 1 amide bonds. The van der Waals surface area contributed by atoms with Crippen molar-refractivity contribution >= 4 is 36.0 Å². The lowest BCUT2D eigenvalue weighted by atomic mass is 10.1. The highest BCUT2D eigenvalue weighted by Crippen LogP contribution is 2.15. The highest BCUT2D eigenvalue weighted by molar-refractivity contribution is 14.0. The standard InChI is InChI=1S/C22H32N6O2.HI/c1-16-24-9-10-27(16)13-18-8-6-7-17(11-18)12-25-20(23-5)26-19-14-28(15-19)21(29)30-22(2,3)4;/h6-11,19H,12-15H2,1-5H3,(H2,23,25,26);1H. The van der Waals surface area contributed by atoms with Crippen molar-refractivity contribution in [2.75, 3.05) is 20.1 Å². The van der Waals surface area contributed by atoms with Gasteiger partial charge in [-0.1, -0.05) is 24.3 Å². The number of hydrogen-bond acceptors (Lipinski definition) is 4. The van der Waals surface area contributed by atoms with Crippen molar-refractivity contribution in [3.8, 4) is 0 Å². The zero-order valence-corrected chi connectivity index (χ0v) is 21.2. The molecule has 8 nitrogen and oxygen atoms in total. The molecule has 0 unspecified atom stereocenters. The molecule has 0 saturated carbocycles. The Hall–Kier alpha value is -2.30. The number of benzene rings is 1. The van der Waals surface area contributed by atoms with Crippen LogP contribution < -0.4 is 10.6 Å². The number of amides is 1. The van der Waals surface area contributed by atoms with E-state index in [-0.39, 0.29) is 36.1 Å². The number of guanidine groups is 1. The molecule has 170 valence electrons. The third kappa shape index (κ3) is 7.41. The Labute approximate surface area is 201 Å². The van der Waals surface area contributed by atoms with Crippen LogP contribution in [0.4, 0.5) is 4.79 Å². The summed E-state index contributed by atoms with van der Waals surface area (Å²) in [5, 5.41) is 6.71. The number of aryl methyl sites for hydroxylation is 1. The van der Waals surface area contributed by atoms with Gasteiger partial charge in [-0.05, 0) is 38.8 Å². The second-order valence-corrected chi connectivity index (χ2v) is 8.57. The quantitative estimate of drug-likeness (QED) is 0.346. The summed E-state index contributed by atoms with van der Waals surface area (Å²) in [6.07, 6.45) is 3.54. The molecule has 0 spiro atoms. The number of carbonyl (C=O) groups is 1. The van der Waals surface area contributed by atoms with Crippen LogP contribution in [0.2, 0.25) is 0 Å². The smallest absolute Gasteiger partial charge is 0.410 e. The van der Waals surface area contributed by atoms with Gasteiger partial charge in [-0.25, -0.2) is 9.78 Å². The first-order chi connectivity index (χ1) is 14.2. The summed E-state index contributed by atoms with van der Waals surface area (Å²) < 4.78 is 7.52. The van der Waals surface area contributed by atoms with Gasteiger partial charge in [0, 0.05) is 45.6 Å².